The smallest absolute Gasteiger partial charge is 0.407 e. The summed E-state index contributed by atoms with van der Waals surface area (Å²) in [5.41, 5.74) is 2.25. The summed E-state index contributed by atoms with van der Waals surface area (Å²) in [7, 11) is 0. The molecule has 0 bridgehead atoms. The highest BCUT2D eigenvalue weighted by Crippen LogP contribution is 2.34. The minimum atomic E-state index is -1.10. The Bertz CT molecular complexity index is 1060. The molecule has 1 unspecified atom stereocenters. The molecule has 1 atom stereocenters. The first-order chi connectivity index (χ1) is 19.5. The zero-order chi connectivity index (χ0) is 29.5. The lowest BCUT2D eigenvalue weighted by molar-refractivity contribution is -0.146. The number of pyridine rings is 1. The van der Waals surface area contributed by atoms with Gasteiger partial charge in [0.15, 0.2) is 0 Å². The van der Waals surface area contributed by atoms with E-state index in [2.05, 4.69) is 22.8 Å². The largest absolute Gasteiger partial charge is 0.480 e. The van der Waals surface area contributed by atoms with Gasteiger partial charge < -0.3 is 30.0 Å². The van der Waals surface area contributed by atoms with Crippen molar-refractivity contribution in [2.75, 3.05) is 26.4 Å². The normalized spacial score (nSPS) is 22.5. The number of aromatic nitrogens is 1. The summed E-state index contributed by atoms with van der Waals surface area (Å²) in [5, 5.41) is 15.2. The summed E-state index contributed by atoms with van der Waals surface area (Å²) in [4.78, 5) is 42.4. The van der Waals surface area contributed by atoms with Gasteiger partial charge in [0.2, 0.25) is 5.91 Å². The first-order valence-electron chi connectivity index (χ1n) is 15.2. The SMILES string of the molecule is CC(C)(C)OC(=O)NCC1(C(=O)NC(CCOC2CC(CCc3ccc4c(n3)CCCC4)C2)C(=O)O)CCOCC1. The molecule has 2 amide bonds. The number of hydrogen-bond donors (Lipinski definition) is 3. The van der Waals surface area contributed by atoms with E-state index >= 15 is 0 Å². The zero-order valence-corrected chi connectivity index (χ0v) is 24.8. The Hall–Kier alpha value is -2.72. The fraction of sp³-hybridized carbons (Fsp3) is 0.742. The molecule has 1 saturated heterocycles. The summed E-state index contributed by atoms with van der Waals surface area (Å²) in [5.74, 6) is -0.907. The molecule has 228 valence electrons. The van der Waals surface area contributed by atoms with Gasteiger partial charge in [-0.25, -0.2) is 9.59 Å². The van der Waals surface area contributed by atoms with E-state index in [0.717, 1.165) is 38.5 Å². The lowest BCUT2D eigenvalue weighted by Gasteiger charge is -2.37. The zero-order valence-electron chi connectivity index (χ0n) is 24.8. The third kappa shape index (κ3) is 9.13. The second-order valence-electron chi connectivity index (χ2n) is 12.9. The molecular formula is C31H47N3O7. The van der Waals surface area contributed by atoms with E-state index in [0.29, 0.717) is 32.0 Å². The van der Waals surface area contributed by atoms with Crippen LogP contribution in [0.1, 0.15) is 89.1 Å². The number of amides is 2. The molecule has 0 spiro atoms. The van der Waals surface area contributed by atoms with E-state index in [-0.39, 0.29) is 25.7 Å². The van der Waals surface area contributed by atoms with Crippen LogP contribution in [0.2, 0.25) is 0 Å². The Morgan fingerprint density at radius 1 is 1.15 bits per heavy atom. The maximum atomic E-state index is 13.3. The number of carbonyl (C=O) groups is 3. The minimum absolute atomic E-state index is 0.0460. The fourth-order valence-electron chi connectivity index (χ4n) is 5.89. The number of nitrogens with zero attached hydrogens (tertiary/aromatic N) is 1. The Balaban J connectivity index is 1.18. The number of alkyl carbamates (subject to hydrolysis) is 1. The van der Waals surface area contributed by atoms with Crippen molar-refractivity contribution in [1.29, 1.82) is 0 Å². The maximum Gasteiger partial charge on any atom is 0.407 e. The van der Waals surface area contributed by atoms with Gasteiger partial charge in [-0.3, -0.25) is 9.78 Å². The van der Waals surface area contributed by atoms with Crippen molar-refractivity contribution in [1.82, 2.24) is 15.6 Å². The Morgan fingerprint density at radius 3 is 2.59 bits per heavy atom. The molecule has 1 aromatic heterocycles. The first kappa shape index (κ1) is 31.2. The molecule has 1 saturated carbocycles. The van der Waals surface area contributed by atoms with E-state index in [4.69, 9.17) is 19.2 Å². The number of carboxylic acids is 1. The quantitative estimate of drug-likeness (QED) is 0.342. The fourth-order valence-corrected chi connectivity index (χ4v) is 5.89. The van der Waals surface area contributed by atoms with Gasteiger partial charge in [0.1, 0.15) is 11.6 Å². The summed E-state index contributed by atoms with van der Waals surface area (Å²) < 4.78 is 16.7. The van der Waals surface area contributed by atoms with Gasteiger partial charge in [0.05, 0.1) is 11.5 Å². The number of ether oxygens (including phenoxy) is 3. The van der Waals surface area contributed by atoms with Gasteiger partial charge in [-0.2, -0.15) is 0 Å². The highest BCUT2D eigenvalue weighted by Gasteiger charge is 2.42. The molecule has 1 aromatic rings. The van der Waals surface area contributed by atoms with Crippen LogP contribution >= 0.6 is 0 Å². The van der Waals surface area contributed by atoms with E-state index < -0.39 is 35.0 Å². The highest BCUT2D eigenvalue weighted by atomic mass is 16.6. The predicted molar refractivity (Wildman–Crippen MR) is 153 cm³/mol. The Morgan fingerprint density at radius 2 is 1.88 bits per heavy atom. The molecule has 10 heteroatoms. The molecule has 0 aromatic carbocycles. The third-order valence-electron chi connectivity index (χ3n) is 8.50. The second-order valence-corrected chi connectivity index (χ2v) is 12.9. The van der Waals surface area contributed by atoms with Crippen LogP contribution in [0.15, 0.2) is 12.1 Å². The number of aryl methyl sites for hydroxylation is 3. The molecule has 1 aliphatic heterocycles. The van der Waals surface area contributed by atoms with Crippen molar-refractivity contribution in [3.8, 4) is 0 Å². The molecule has 0 radical (unpaired) electrons. The van der Waals surface area contributed by atoms with Crippen LogP contribution < -0.4 is 10.6 Å². The van der Waals surface area contributed by atoms with Crippen LogP contribution in [0.3, 0.4) is 0 Å². The van der Waals surface area contributed by atoms with Gasteiger partial charge in [-0.05, 0) is 103 Å². The monoisotopic (exact) mass is 573 g/mol. The van der Waals surface area contributed by atoms with Crippen LogP contribution in [0.4, 0.5) is 4.79 Å². The van der Waals surface area contributed by atoms with Crippen LogP contribution in [-0.4, -0.2) is 72.2 Å². The van der Waals surface area contributed by atoms with Crippen molar-refractivity contribution >= 4 is 18.0 Å². The van der Waals surface area contributed by atoms with Crippen molar-refractivity contribution in [3.63, 3.8) is 0 Å². The topological polar surface area (TPSA) is 136 Å². The summed E-state index contributed by atoms with van der Waals surface area (Å²) in [6.45, 7) is 6.31. The Kier molecular flexibility index (Phi) is 10.6. The van der Waals surface area contributed by atoms with E-state index in [9.17, 15) is 19.5 Å². The van der Waals surface area contributed by atoms with Crippen LogP contribution in [0.25, 0.3) is 0 Å². The molecule has 3 N–H and O–H groups in total. The molecule has 2 heterocycles. The van der Waals surface area contributed by atoms with Crippen LogP contribution in [0.5, 0.6) is 0 Å². The van der Waals surface area contributed by atoms with E-state index in [1.165, 1.54) is 29.8 Å². The molecule has 3 aliphatic rings. The number of carbonyl (C=O) groups excluding carboxylic acids is 2. The average Bonchev–Trinajstić information content (AvgIpc) is 2.91. The average molecular weight is 574 g/mol. The lowest BCUT2D eigenvalue weighted by atomic mass is 9.78. The first-order valence-corrected chi connectivity index (χ1v) is 15.2. The van der Waals surface area contributed by atoms with Crippen LogP contribution in [-0.2, 0) is 43.1 Å². The number of nitrogens with one attached hydrogen (secondary N) is 2. The van der Waals surface area contributed by atoms with Crippen molar-refractivity contribution in [3.05, 3.63) is 29.1 Å². The lowest BCUT2D eigenvalue weighted by Crippen LogP contribution is -2.55. The second kappa shape index (κ2) is 14.0. The van der Waals surface area contributed by atoms with Crippen molar-refractivity contribution < 1.29 is 33.7 Å². The molecule has 4 rings (SSSR count). The molecular weight excluding hydrogens is 526 g/mol. The molecule has 2 fully saturated rings. The highest BCUT2D eigenvalue weighted by molar-refractivity contribution is 5.88. The van der Waals surface area contributed by atoms with Crippen LogP contribution in [0, 0.1) is 11.3 Å². The summed E-state index contributed by atoms with van der Waals surface area (Å²) in [6, 6.07) is 3.35. The number of rotatable bonds is 12. The predicted octanol–water partition coefficient (Wildman–Crippen LogP) is 3.97. The number of aliphatic carboxylic acids is 1. The third-order valence-corrected chi connectivity index (χ3v) is 8.50. The van der Waals surface area contributed by atoms with E-state index in [1.54, 1.807) is 20.8 Å². The minimum Gasteiger partial charge on any atom is -0.480 e. The maximum absolute atomic E-state index is 13.3. The molecule has 41 heavy (non-hydrogen) atoms. The standard InChI is InChI=1S/C31H47N3O7/c1-30(2,3)41-29(38)32-20-31(13-16-39-17-14-31)28(37)34-26(27(35)36)12-15-40-24-18-21(19-24)8-10-23-11-9-22-6-4-5-7-25(22)33-23/h9,11,21,24,26H,4-8,10,12-20H2,1-3H3,(H,32,38)(H,34,37)(H,35,36). The summed E-state index contributed by atoms with van der Waals surface area (Å²) in [6.07, 6.45) is 9.19. The van der Waals surface area contributed by atoms with Gasteiger partial charge >= 0.3 is 12.1 Å². The Labute approximate surface area is 243 Å². The van der Waals surface area contributed by atoms with Gasteiger partial charge in [0.25, 0.3) is 0 Å². The van der Waals surface area contributed by atoms with Crippen molar-refractivity contribution in [2.45, 2.75) is 109 Å². The molecule has 10 nitrogen and oxygen atoms in total. The van der Waals surface area contributed by atoms with Crippen molar-refractivity contribution in [2.24, 2.45) is 11.3 Å². The number of fused-ring (bicyclic) bond motifs is 1. The van der Waals surface area contributed by atoms with Gasteiger partial charge in [-0.15, -0.1) is 0 Å². The summed E-state index contributed by atoms with van der Waals surface area (Å²) >= 11 is 0. The number of carboxylic acid groups (broad SMARTS) is 1. The molecule has 2 aliphatic carbocycles. The van der Waals surface area contributed by atoms with Gasteiger partial charge in [-0.1, -0.05) is 6.07 Å². The van der Waals surface area contributed by atoms with Gasteiger partial charge in [0, 0.05) is 44.2 Å². The number of hydrogen-bond acceptors (Lipinski definition) is 7. The van der Waals surface area contributed by atoms with E-state index in [1.807, 2.05) is 0 Å².